The quantitative estimate of drug-likeness (QED) is 0.0542. The van der Waals surface area contributed by atoms with Gasteiger partial charge in [0.15, 0.2) is 11.6 Å². The number of pyridine rings is 3. The van der Waals surface area contributed by atoms with Gasteiger partial charge in [-0.05, 0) is 223 Å². The number of aromatic nitrogens is 12. The number of aliphatic imine (C=N–C) groups is 3. The lowest BCUT2D eigenvalue weighted by atomic mass is 9.78. The fraction of sp³-hybridized carbons (Fsp3) is 0.374. The first-order chi connectivity index (χ1) is 71.8. The Kier molecular flexibility index (Phi) is 27.0. The van der Waals surface area contributed by atoms with Crippen molar-refractivity contribution in [3.63, 3.8) is 0 Å². The second-order valence-electron chi connectivity index (χ2n) is 41.7. The van der Waals surface area contributed by atoms with Crippen LogP contribution in [0.3, 0.4) is 0 Å². The van der Waals surface area contributed by atoms with Crippen LogP contribution < -0.4 is 28.9 Å². The highest BCUT2D eigenvalue weighted by Gasteiger charge is 2.57. The summed E-state index contributed by atoms with van der Waals surface area (Å²) in [5, 5.41) is 16.7. The topological polar surface area (TPSA) is 327 Å². The van der Waals surface area contributed by atoms with Gasteiger partial charge in [0.2, 0.25) is 53.1 Å². The molecule has 33 heteroatoms. The molecule has 0 saturated carbocycles. The van der Waals surface area contributed by atoms with Gasteiger partial charge in [0.25, 0.3) is 0 Å². The van der Waals surface area contributed by atoms with Gasteiger partial charge >= 0.3 is 0 Å². The Labute approximate surface area is 860 Å². The Balaban J connectivity index is 0.000000126. The van der Waals surface area contributed by atoms with Crippen LogP contribution in [0.1, 0.15) is 160 Å². The van der Waals surface area contributed by atoms with E-state index in [0.717, 1.165) is 182 Å². The van der Waals surface area contributed by atoms with Gasteiger partial charge in [0, 0.05) is 198 Å². The van der Waals surface area contributed by atoms with Crippen molar-refractivity contribution in [2.24, 2.45) is 45.3 Å². The Bertz CT molecular complexity index is 7270. The lowest BCUT2D eigenvalue weighted by Gasteiger charge is -2.46. The summed E-state index contributed by atoms with van der Waals surface area (Å²) in [6, 6.07) is 55.2. The third kappa shape index (κ3) is 20.2. The monoisotopic (exact) mass is 1980 g/mol. The number of aryl methyl sites for hydroxylation is 2. The highest BCUT2D eigenvalue weighted by Crippen LogP contribution is 2.48. The van der Waals surface area contributed by atoms with Gasteiger partial charge in [-0.3, -0.25) is 67.8 Å². The van der Waals surface area contributed by atoms with Gasteiger partial charge in [0.1, 0.15) is 12.7 Å². The molecule has 6 saturated heterocycles. The third-order valence-corrected chi connectivity index (χ3v) is 30.7. The fourth-order valence-corrected chi connectivity index (χ4v) is 22.7. The van der Waals surface area contributed by atoms with Crippen LogP contribution in [0.15, 0.2) is 241 Å². The molecule has 6 fully saturated rings. The zero-order valence-corrected chi connectivity index (χ0v) is 85.0. The van der Waals surface area contributed by atoms with Gasteiger partial charge in [-0.15, -0.1) is 5.10 Å². The van der Waals surface area contributed by atoms with Crippen LogP contribution in [0.25, 0.3) is 45.2 Å². The summed E-state index contributed by atoms with van der Waals surface area (Å²) in [7, 11) is 3.72. The summed E-state index contributed by atoms with van der Waals surface area (Å²) in [4.78, 5) is 137. The number of hydrogen-bond acceptors (Lipinski definition) is 24. The maximum absolute atomic E-state index is 14.0. The van der Waals surface area contributed by atoms with Crippen LogP contribution in [-0.4, -0.2) is 278 Å². The molecule has 2 atom stereocenters. The van der Waals surface area contributed by atoms with E-state index in [1.807, 2.05) is 182 Å². The van der Waals surface area contributed by atoms with Crippen LogP contribution in [0.2, 0.25) is 0 Å². The van der Waals surface area contributed by atoms with Crippen LogP contribution >= 0.6 is 0 Å². The summed E-state index contributed by atoms with van der Waals surface area (Å²) in [6.45, 7) is 24.6. The highest BCUT2D eigenvalue weighted by atomic mass is 16.5. The average molecular weight is 1980 g/mol. The molecule has 0 radical (unpaired) electrons. The fourth-order valence-electron chi connectivity index (χ4n) is 22.7. The number of benzene rings is 6. The first-order valence-electron chi connectivity index (χ1n) is 51.7. The van der Waals surface area contributed by atoms with Crippen molar-refractivity contribution in [3.8, 4) is 46.1 Å². The van der Waals surface area contributed by atoms with E-state index in [0.29, 0.717) is 154 Å². The van der Waals surface area contributed by atoms with Crippen molar-refractivity contribution in [3.05, 3.63) is 292 Å². The Morgan fingerprint density at radius 1 is 0.358 bits per heavy atom. The number of carbonyl (C=O) groups excluding carboxylic acids is 6. The Morgan fingerprint density at radius 2 is 0.682 bits per heavy atom. The van der Waals surface area contributed by atoms with E-state index in [9.17, 15) is 28.8 Å². The molecule has 0 bridgehead atoms. The van der Waals surface area contributed by atoms with Crippen molar-refractivity contribution < 1.29 is 43.0 Å². The van der Waals surface area contributed by atoms with E-state index < -0.39 is 16.2 Å². The molecule has 12 aromatic rings. The Morgan fingerprint density at radius 3 is 1.01 bits per heavy atom. The molecular weight excluding hydrogens is 1860 g/mol. The van der Waals surface area contributed by atoms with E-state index in [1.165, 1.54) is 16.7 Å². The van der Waals surface area contributed by atoms with Gasteiger partial charge in [-0.1, -0.05) is 102 Å². The van der Waals surface area contributed by atoms with Crippen LogP contribution in [0, 0.1) is 16.2 Å². The maximum atomic E-state index is 14.0. The number of amides is 6. The minimum atomic E-state index is -0.446. The highest BCUT2D eigenvalue weighted by molar-refractivity contribution is 6.18. The molecule has 3 spiro atoms. The first kappa shape index (κ1) is 97.3. The molecule has 6 aromatic carbocycles. The molecule has 33 nitrogen and oxygen atoms in total. The first-order valence-corrected chi connectivity index (χ1v) is 51.7. The van der Waals surface area contributed by atoms with E-state index >= 15 is 0 Å². The summed E-state index contributed by atoms with van der Waals surface area (Å²) in [5.41, 5.74) is 23.6. The van der Waals surface area contributed by atoms with Crippen molar-refractivity contribution in [2.75, 3.05) is 133 Å². The van der Waals surface area contributed by atoms with Gasteiger partial charge in [0.05, 0.1) is 109 Å². The summed E-state index contributed by atoms with van der Waals surface area (Å²) in [6.07, 6.45) is 25.3. The van der Waals surface area contributed by atoms with E-state index in [2.05, 4.69) is 163 Å². The molecule has 6 aromatic heterocycles. The van der Waals surface area contributed by atoms with Crippen molar-refractivity contribution in [2.45, 2.75) is 131 Å². The number of nitrogens with zero attached hydrogens (tertiary/aromatic N) is 24. The third-order valence-electron chi connectivity index (χ3n) is 30.7. The predicted molar refractivity (Wildman–Crippen MR) is 566 cm³/mol. The normalized spacial score (nSPS) is 19.9. The van der Waals surface area contributed by atoms with Crippen LogP contribution in [0.5, 0.6) is 17.6 Å². The van der Waals surface area contributed by atoms with Crippen molar-refractivity contribution in [1.29, 1.82) is 0 Å². The number of carbonyl (C=O) groups is 6. The molecule has 12 aliphatic rings. The van der Waals surface area contributed by atoms with E-state index in [1.54, 1.807) is 39.1 Å². The zero-order chi connectivity index (χ0) is 102. The molecule has 0 N–H and O–H groups in total. The molecule has 0 aliphatic carbocycles. The number of hydrogen-bond donors (Lipinski definition) is 0. The molecule has 0 unspecified atom stereocenters. The Hall–Kier alpha value is -15.5. The van der Waals surface area contributed by atoms with Crippen molar-refractivity contribution >= 4 is 86.4 Å². The number of anilines is 3. The number of fused-ring (bicyclic) bond motifs is 3. The molecular formula is C115H122N24O9. The molecule has 148 heavy (non-hydrogen) atoms. The summed E-state index contributed by atoms with van der Waals surface area (Å²) >= 11 is 0. The second kappa shape index (κ2) is 41.1. The minimum absolute atomic E-state index is 0.0578. The minimum Gasteiger partial charge on any atom is -0.475 e. The average Bonchev–Trinajstić information content (AvgIpc) is 1.59. The molecule has 12 aliphatic heterocycles. The molecule has 6 amide bonds. The number of ether oxygens (including phenoxy) is 3. The zero-order valence-electron chi connectivity index (χ0n) is 85.0. The number of likely N-dealkylation sites (tertiary alicyclic amines) is 3. The molecule has 756 valence electrons. The second-order valence-corrected chi connectivity index (χ2v) is 41.7. The van der Waals surface area contributed by atoms with Crippen LogP contribution in [-0.2, 0) is 62.5 Å². The van der Waals surface area contributed by atoms with Gasteiger partial charge < -0.3 is 43.6 Å². The summed E-state index contributed by atoms with van der Waals surface area (Å²) in [5.74, 6) is 4.05. The lowest BCUT2D eigenvalue weighted by molar-refractivity contribution is -0.142. The maximum Gasteiger partial charge on any atom is 0.237 e. The standard InChI is InChI=1S/C39H42N8O3.2C38H40N8O3/c1-26(2)50-34-11-9-31(22-40-34)36-33-20-32(10-8-30(33)21-41-36)47-19-15-39(38(47)49)14-18-45(24-39)23-35(48)46-16-12-28(13-17-46)27-4-6-29(7-5-27)37-42-25-44(3)43-37;1-26(2)49-34-10-6-30(23-39-34)36-33-21-32(9-5-29(33)22-40-36)45-19-14-38(37(45)48)13-18-43(25-38)24-35(47)44-16-11-28(12-17-44)27-3-7-31(8-4-27)46-20-15-41-42-46;1-25(2)49-33-11-9-30(20-39-33)35-32-18-31(10-8-29(32)19-40-35)46-17-14-38(37(46)48)22-44(23-38)21-34(47)45-15-12-27(13-16-45)26-4-6-28(7-5-26)36-41-24-43(3)42-36/h4-12,20,22,25-26H,13-19,21,23-24H2,1-3H3;3-11,15,20-21,23,26H,12-14,16-19,22,24-25H2,1-2H3;4-12,18,20,24-25H,13-17,19,21-23H2,1-3H3/t39-;38-;/m00./s1. The molecule has 24 rings (SSSR count). The number of rotatable bonds is 24. The largest absolute Gasteiger partial charge is 0.475 e. The van der Waals surface area contributed by atoms with E-state index in [-0.39, 0.29) is 53.8 Å². The predicted octanol–water partition coefficient (Wildman–Crippen LogP) is 13.7. The SMILES string of the molecule is CC(C)Oc1ccc(C2=NCc3ccc(N4CCC5(CN(CC(=O)N6CC=C(c7ccc(-c8ncn(C)n8)cc7)CC6)C5)C4=O)cc32)cn1.CC(C)Oc1ccc(C2=NCc3ccc(N4CC[C@]5(CCN(CC(=O)N6CC=C(c7ccc(-c8ncn(C)n8)cc7)CC6)C5)C4=O)cc32)cn1.CC(C)Oc1ccc(C2=NCc3ccc(N4CC[C@]5(CCN(CC(=O)N6CC=C(c7ccc(-n8ccnn8)cc7)CC6)C5)C4=O)cc32)cn1. The van der Waals surface area contributed by atoms with Gasteiger partial charge in [-0.2, -0.15) is 10.2 Å². The van der Waals surface area contributed by atoms with Gasteiger partial charge in [-0.25, -0.2) is 29.6 Å². The van der Waals surface area contributed by atoms with Crippen molar-refractivity contribution in [1.82, 2.24) is 88.9 Å². The van der Waals surface area contributed by atoms with Crippen LogP contribution in [0.4, 0.5) is 17.1 Å². The summed E-state index contributed by atoms with van der Waals surface area (Å²) < 4.78 is 22.3. The molecule has 18 heterocycles. The smallest absolute Gasteiger partial charge is 0.237 e. The van der Waals surface area contributed by atoms with E-state index in [4.69, 9.17) is 29.2 Å². The lowest BCUT2D eigenvalue weighted by Crippen LogP contribution is -2.61.